The number of hydrogen-bond acceptors (Lipinski definition) is 4. The van der Waals surface area contributed by atoms with E-state index in [1.54, 1.807) is 12.4 Å². The van der Waals surface area contributed by atoms with E-state index >= 15 is 0 Å². The molecule has 4 heteroatoms. The summed E-state index contributed by atoms with van der Waals surface area (Å²) >= 11 is 0. The lowest BCUT2D eigenvalue weighted by Crippen LogP contribution is -2.29. The first-order chi connectivity index (χ1) is 8.15. The summed E-state index contributed by atoms with van der Waals surface area (Å²) in [6.45, 7) is 6.79. The van der Waals surface area contributed by atoms with Gasteiger partial charge >= 0.3 is 5.97 Å². The van der Waals surface area contributed by atoms with Crippen molar-refractivity contribution in [1.82, 2.24) is 10.3 Å². The molecule has 94 valence electrons. The lowest BCUT2D eigenvalue weighted by atomic mass is 10.1. The second-order valence-electron chi connectivity index (χ2n) is 4.06. The minimum Gasteiger partial charge on any atom is -0.466 e. The van der Waals surface area contributed by atoms with Crippen molar-refractivity contribution in [2.75, 3.05) is 13.2 Å². The second-order valence-corrected chi connectivity index (χ2v) is 4.06. The molecular weight excluding hydrogens is 216 g/mol. The standard InChI is InChI=1S/C13H20N2O2/c1-4-17-13(16)10(2)9-15-11(3)12-5-7-14-8-6-12/h5-8,10-11,15H,4,9H2,1-3H3/t10?,11-/m0/s1. The van der Waals surface area contributed by atoms with Crippen molar-refractivity contribution in [2.24, 2.45) is 5.92 Å². The van der Waals surface area contributed by atoms with Gasteiger partial charge in [-0.25, -0.2) is 0 Å². The molecule has 2 atom stereocenters. The Morgan fingerprint density at radius 2 is 2.06 bits per heavy atom. The Kier molecular flexibility index (Phi) is 5.63. The van der Waals surface area contributed by atoms with E-state index in [9.17, 15) is 4.79 Å². The van der Waals surface area contributed by atoms with Crippen molar-refractivity contribution in [3.63, 3.8) is 0 Å². The third-order valence-corrected chi connectivity index (χ3v) is 2.63. The van der Waals surface area contributed by atoms with E-state index in [0.717, 1.165) is 5.56 Å². The maximum absolute atomic E-state index is 11.4. The van der Waals surface area contributed by atoms with Crippen molar-refractivity contribution < 1.29 is 9.53 Å². The van der Waals surface area contributed by atoms with Gasteiger partial charge in [0.25, 0.3) is 0 Å². The van der Waals surface area contributed by atoms with Crippen LogP contribution in [0.2, 0.25) is 0 Å². The van der Waals surface area contributed by atoms with Crippen LogP contribution < -0.4 is 5.32 Å². The third kappa shape index (κ3) is 4.53. The number of nitrogens with one attached hydrogen (secondary N) is 1. The maximum Gasteiger partial charge on any atom is 0.309 e. The van der Waals surface area contributed by atoms with Gasteiger partial charge in [0.05, 0.1) is 12.5 Å². The summed E-state index contributed by atoms with van der Waals surface area (Å²) in [6.07, 6.45) is 3.53. The minimum atomic E-state index is -0.151. The molecule has 0 radical (unpaired) electrons. The molecule has 0 saturated carbocycles. The molecule has 1 aromatic rings. The average molecular weight is 236 g/mol. The fourth-order valence-corrected chi connectivity index (χ4v) is 1.49. The van der Waals surface area contributed by atoms with Crippen LogP contribution in [0.25, 0.3) is 0 Å². The number of esters is 1. The molecule has 1 unspecified atom stereocenters. The highest BCUT2D eigenvalue weighted by Crippen LogP contribution is 2.10. The summed E-state index contributed by atoms with van der Waals surface area (Å²) in [5.41, 5.74) is 1.16. The van der Waals surface area contributed by atoms with E-state index in [1.807, 2.05) is 26.0 Å². The predicted octanol–water partition coefficient (Wildman–Crippen LogP) is 1.93. The van der Waals surface area contributed by atoms with Gasteiger partial charge in [-0.2, -0.15) is 0 Å². The van der Waals surface area contributed by atoms with Crippen LogP contribution in [0.4, 0.5) is 0 Å². The lowest BCUT2D eigenvalue weighted by Gasteiger charge is -2.17. The van der Waals surface area contributed by atoms with Gasteiger partial charge in [-0.1, -0.05) is 6.92 Å². The summed E-state index contributed by atoms with van der Waals surface area (Å²) in [4.78, 5) is 15.4. The SMILES string of the molecule is CCOC(=O)C(C)CN[C@@H](C)c1ccncc1. The van der Waals surface area contributed by atoms with Crippen molar-refractivity contribution >= 4 is 5.97 Å². The molecule has 0 bridgehead atoms. The molecular formula is C13H20N2O2. The Morgan fingerprint density at radius 1 is 1.41 bits per heavy atom. The topological polar surface area (TPSA) is 51.2 Å². The number of rotatable bonds is 6. The lowest BCUT2D eigenvalue weighted by molar-refractivity contribution is -0.147. The van der Waals surface area contributed by atoms with E-state index in [1.165, 1.54) is 0 Å². The van der Waals surface area contributed by atoms with E-state index in [2.05, 4.69) is 17.2 Å². The molecule has 4 nitrogen and oxygen atoms in total. The average Bonchev–Trinajstić information content (AvgIpc) is 2.36. The van der Waals surface area contributed by atoms with E-state index in [0.29, 0.717) is 13.2 Å². The van der Waals surface area contributed by atoms with E-state index in [-0.39, 0.29) is 17.9 Å². The van der Waals surface area contributed by atoms with Crippen LogP contribution in [0.1, 0.15) is 32.4 Å². The Morgan fingerprint density at radius 3 is 2.65 bits per heavy atom. The van der Waals surface area contributed by atoms with Crippen molar-refractivity contribution in [3.8, 4) is 0 Å². The van der Waals surface area contributed by atoms with Gasteiger partial charge in [-0.05, 0) is 31.5 Å². The van der Waals surface area contributed by atoms with Gasteiger partial charge < -0.3 is 10.1 Å². The normalized spacial score (nSPS) is 14.1. The summed E-state index contributed by atoms with van der Waals surface area (Å²) in [7, 11) is 0. The first-order valence-electron chi connectivity index (χ1n) is 5.95. The molecule has 0 spiro atoms. The molecule has 0 aromatic carbocycles. The molecule has 1 rings (SSSR count). The van der Waals surface area contributed by atoms with Gasteiger partial charge in [0.1, 0.15) is 0 Å². The third-order valence-electron chi connectivity index (χ3n) is 2.63. The molecule has 0 amide bonds. The van der Waals surface area contributed by atoms with Crippen LogP contribution in [-0.4, -0.2) is 24.1 Å². The quantitative estimate of drug-likeness (QED) is 0.767. The Hall–Kier alpha value is -1.42. The zero-order chi connectivity index (χ0) is 12.7. The van der Waals surface area contributed by atoms with E-state index < -0.39 is 0 Å². The largest absolute Gasteiger partial charge is 0.466 e. The van der Waals surface area contributed by atoms with Crippen LogP contribution in [0, 0.1) is 5.92 Å². The zero-order valence-electron chi connectivity index (χ0n) is 10.6. The van der Waals surface area contributed by atoms with Gasteiger partial charge in [0, 0.05) is 25.0 Å². The smallest absolute Gasteiger partial charge is 0.309 e. The second kappa shape index (κ2) is 7.01. The van der Waals surface area contributed by atoms with Gasteiger partial charge in [0.2, 0.25) is 0 Å². The molecule has 0 aliphatic heterocycles. The zero-order valence-corrected chi connectivity index (χ0v) is 10.6. The predicted molar refractivity (Wildman–Crippen MR) is 66.5 cm³/mol. The van der Waals surface area contributed by atoms with Gasteiger partial charge in [-0.15, -0.1) is 0 Å². The summed E-state index contributed by atoms with van der Waals surface area (Å²) in [6, 6.07) is 4.13. The molecule has 1 aromatic heterocycles. The van der Waals surface area contributed by atoms with Gasteiger partial charge in [0.15, 0.2) is 0 Å². The summed E-state index contributed by atoms with van der Waals surface area (Å²) in [5, 5.41) is 3.31. The number of carbonyl (C=O) groups excluding carboxylic acids is 1. The molecule has 0 aliphatic carbocycles. The first kappa shape index (κ1) is 13.6. The fourth-order valence-electron chi connectivity index (χ4n) is 1.49. The fraction of sp³-hybridized carbons (Fsp3) is 0.538. The summed E-state index contributed by atoms with van der Waals surface area (Å²) < 4.78 is 4.95. The van der Waals surface area contributed by atoms with Crippen molar-refractivity contribution in [2.45, 2.75) is 26.8 Å². The Labute approximate surface area is 102 Å². The first-order valence-corrected chi connectivity index (χ1v) is 5.95. The van der Waals surface area contributed by atoms with Crippen LogP contribution >= 0.6 is 0 Å². The monoisotopic (exact) mass is 236 g/mol. The number of hydrogen-bond donors (Lipinski definition) is 1. The summed E-state index contributed by atoms with van der Waals surface area (Å²) in [5.74, 6) is -0.277. The van der Waals surface area contributed by atoms with E-state index in [4.69, 9.17) is 4.74 Å². The maximum atomic E-state index is 11.4. The number of aromatic nitrogens is 1. The molecule has 0 aliphatic rings. The van der Waals surface area contributed by atoms with Crippen LogP contribution in [0.15, 0.2) is 24.5 Å². The highest BCUT2D eigenvalue weighted by atomic mass is 16.5. The van der Waals surface area contributed by atoms with Crippen molar-refractivity contribution in [3.05, 3.63) is 30.1 Å². The Balaban J connectivity index is 2.38. The van der Waals surface area contributed by atoms with Crippen LogP contribution in [-0.2, 0) is 9.53 Å². The van der Waals surface area contributed by atoms with Gasteiger partial charge in [-0.3, -0.25) is 9.78 Å². The molecule has 1 N–H and O–H groups in total. The highest BCUT2D eigenvalue weighted by Gasteiger charge is 2.15. The number of pyridine rings is 1. The van der Waals surface area contributed by atoms with Crippen LogP contribution in [0.3, 0.4) is 0 Å². The van der Waals surface area contributed by atoms with Crippen LogP contribution in [0.5, 0.6) is 0 Å². The highest BCUT2D eigenvalue weighted by molar-refractivity contribution is 5.72. The molecule has 1 heterocycles. The van der Waals surface area contributed by atoms with Crippen molar-refractivity contribution in [1.29, 1.82) is 0 Å². The molecule has 0 saturated heterocycles. The molecule has 17 heavy (non-hydrogen) atoms. The number of carbonyl (C=O) groups is 1. The molecule has 0 fully saturated rings. The Bertz CT molecular complexity index is 341. The number of nitrogens with zero attached hydrogens (tertiary/aromatic N) is 1. The number of ether oxygens (including phenoxy) is 1. The minimum absolute atomic E-state index is 0.126.